The predicted molar refractivity (Wildman–Crippen MR) is 71.2 cm³/mol. The standard InChI is InChI=1S/C14H25N3/c1-12(2)14-8-11-17(16-14)10-5-9-15-13-6-3-4-7-13/h8,11-13,15H,3-7,9-10H2,1-2H3. The van der Waals surface area contributed by atoms with Crippen molar-refractivity contribution in [2.45, 2.75) is 64.5 Å². The summed E-state index contributed by atoms with van der Waals surface area (Å²) in [5.41, 5.74) is 1.20. The molecule has 3 nitrogen and oxygen atoms in total. The molecule has 0 aromatic carbocycles. The molecule has 1 heterocycles. The van der Waals surface area contributed by atoms with Crippen LogP contribution >= 0.6 is 0 Å². The third-order valence-electron chi connectivity index (χ3n) is 3.60. The molecule has 3 heteroatoms. The predicted octanol–water partition coefficient (Wildman–Crippen LogP) is 2.93. The zero-order valence-electron chi connectivity index (χ0n) is 11.2. The summed E-state index contributed by atoms with van der Waals surface area (Å²) in [6.45, 7) is 6.54. The monoisotopic (exact) mass is 235 g/mol. The number of nitrogens with zero attached hydrogens (tertiary/aromatic N) is 2. The smallest absolute Gasteiger partial charge is 0.0649 e. The van der Waals surface area contributed by atoms with Crippen LogP contribution in [0.25, 0.3) is 0 Å². The molecular formula is C14H25N3. The van der Waals surface area contributed by atoms with Crippen molar-refractivity contribution < 1.29 is 0 Å². The number of aryl methyl sites for hydroxylation is 1. The number of hydrogen-bond donors (Lipinski definition) is 1. The van der Waals surface area contributed by atoms with Gasteiger partial charge >= 0.3 is 0 Å². The number of aromatic nitrogens is 2. The fourth-order valence-corrected chi connectivity index (χ4v) is 2.49. The molecule has 0 saturated heterocycles. The summed E-state index contributed by atoms with van der Waals surface area (Å²) in [4.78, 5) is 0. The quantitative estimate of drug-likeness (QED) is 0.768. The highest BCUT2D eigenvalue weighted by molar-refractivity contribution is 5.03. The molecule has 0 aliphatic heterocycles. The Bertz CT molecular complexity index is 324. The molecule has 96 valence electrons. The zero-order chi connectivity index (χ0) is 12.1. The second kappa shape index (κ2) is 6.20. The van der Waals surface area contributed by atoms with Crippen LogP contribution in [0.1, 0.15) is 57.6 Å². The van der Waals surface area contributed by atoms with Gasteiger partial charge in [0.15, 0.2) is 0 Å². The van der Waals surface area contributed by atoms with Crippen LogP contribution in [-0.2, 0) is 6.54 Å². The molecule has 0 amide bonds. The van der Waals surface area contributed by atoms with Crippen LogP contribution in [0.2, 0.25) is 0 Å². The highest BCUT2D eigenvalue weighted by atomic mass is 15.3. The summed E-state index contributed by atoms with van der Waals surface area (Å²) in [6.07, 6.45) is 8.85. The average Bonchev–Trinajstić information content (AvgIpc) is 2.96. The van der Waals surface area contributed by atoms with Crippen molar-refractivity contribution in [3.05, 3.63) is 18.0 Å². The minimum absolute atomic E-state index is 0.535. The molecule has 1 N–H and O–H groups in total. The first-order chi connectivity index (χ1) is 8.25. The van der Waals surface area contributed by atoms with E-state index in [1.54, 1.807) is 0 Å². The zero-order valence-corrected chi connectivity index (χ0v) is 11.2. The van der Waals surface area contributed by atoms with Crippen LogP contribution in [0, 0.1) is 0 Å². The molecule has 1 saturated carbocycles. The van der Waals surface area contributed by atoms with Crippen molar-refractivity contribution in [2.24, 2.45) is 0 Å². The van der Waals surface area contributed by atoms with Crippen molar-refractivity contribution in [3.63, 3.8) is 0 Å². The van der Waals surface area contributed by atoms with E-state index in [2.05, 4.69) is 41.2 Å². The van der Waals surface area contributed by atoms with Crippen LogP contribution in [0.3, 0.4) is 0 Å². The van der Waals surface area contributed by atoms with Crippen molar-refractivity contribution in [3.8, 4) is 0 Å². The van der Waals surface area contributed by atoms with Crippen LogP contribution in [0.4, 0.5) is 0 Å². The van der Waals surface area contributed by atoms with Crippen molar-refractivity contribution in [1.82, 2.24) is 15.1 Å². The normalized spacial score (nSPS) is 17.1. The van der Waals surface area contributed by atoms with Gasteiger partial charge in [0.25, 0.3) is 0 Å². The Labute approximate surface area is 105 Å². The van der Waals surface area contributed by atoms with E-state index in [0.717, 1.165) is 19.1 Å². The van der Waals surface area contributed by atoms with Gasteiger partial charge in [0, 0.05) is 18.8 Å². The van der Waals surface area contributed by atoms with E-state index in [4.69, 9.17) is 0 Å². The molecule has 1 aliphatic carbocycles. The maximum absolute atomic E-state index is 4.57. The topological polar surface area (TPSA) is 29.9 Å². The van der Waals surface area contributed by atoms with Gasteiger partial charge < -0.3 is 5.32 Å². The Morgan fingerprint density at radius 3 is 2.82 bits per heavy atom. The van der Waals surface area contributed by atoms with Crippen molar-refractivity contribution in [1.29, 1.82) is 0 Å². The van der Waals surface area contributed by atoms with Crippen molar-refractivity contribution in [2.75, 3.05) is 6.54 Å². The maximum Gasteiger partial charge on any atom is 0.0649 e. The van der Waals surface area contributed by atoms with Gasteiger partial charge in [0.1, 0.15) is 0 Å². The first kappa shape index (κ1) is 12.6. The average molecular weight is 235 g/mol. The lowest BCUT2D eigenvalue weighted by Crippen LogP contribution is -2.27. The van der Waals surface area contributed by atoms with Crippen LogP contribution in [-0.4, -0.2) is 22.4 Å². The Hall–Kier alpha value is -0.830. The van der Waals surface area contributed by atoms with E-state index < -0.39 is 0 Å². The largest absolute Gasteiger partial charge is 0.314 e. The van der Waals surface area contributed by atoms with Crippen LogP contribution < -0.4 is 5.32 Å². The first-order valence-corrected chi connectivity index (χ1v) is 7.02. The second-order valence-corrected chi connectivity index (χ2v) is 5.45. The molecule has 17 heavy (non-hydrogen) atoms. The number of rotatable bonds is 6. The summed E-state index contributed by atoms with van der Waals surface area (Å²) >= 11 is 0. The van der Waals surface area contributed by atoms with E-state index in [0.29, 0.717) is 5.92 Å². The molecule has 0 spiro atoms. The molecule has 0 atom stereocenters. The first-order valence-electron chi connectivity index (χ1n) is 7.02. The molecule has 1 aromatic rings. The lowest BCUT2D eigenvalue weighted by Gasteiger charge is -2.11. The van der Waals surface area contributed by atoms with Crippen molar-refractivity contribution >= 4 is 0 Å². The van der Waals surface area contributed by atoms with Gasteiger partial charge in [-0.15, -0.1) is 0 Å². The van der Waals surface area contributed by atoms with Gasteiger partial charge in [-0.3, -0.25) is 4.68 Å². The third-order valence-corrected chi connectivity index (χ3v) is 3.60. The van der Waals surface area contributed by atoms with Gasteiger partial charge in [-0.2, -0.15) is 5.10 Å². The van der Waals surface area contributed by atoms with Crippen LogP contribution in [0.5, 0.6) is 0 Å². The van der Waals surface area contributed by atoms with Crippen LogP contribution in [0.15, 0.2) is 12.3 Å². The lowest BCUT2D eigenvalue weighted by atomic mass is 10.1. The Balaban J connectivity index is 1.63. The molecule has 0 radical (unpaired) electrons. The Kier molecular flexibility index (Phi) is 4.60. The minimum Gasteiger partial charge on any atom is -0.314 e. The van der Waals surface area contributed by atoms with E-state index >= 15 is 0 Å². The maximum atomic E-state index is 4.57. The van der Waals surface area contributed by atoms with Gasteiger partial charge in [-0.05, 0) is 37.8 Å². The summed E-state index contributed by atoms with van der Waals surface area (Å²) in [7, 11) is 0. The molecular weight excluding hydrogens is 210 g/mol. The fourth-order valence-electron chi connectivity index (χ4n) is 2.49. The van der Waals surface area contributed by atoms with E-state index in [1.165, 1.54) is 37.8 Å². The number of nitrogens with one attached hydrogen (secondary N) is 1. The van der Waals surface area contributed by atoms with Gasteiger partial charge in [0.05, 0.1) is 5.69 Å². The highest BCUT2D eigenvalue weighted by Gasteiger charge is 2.13. The van der Waals surface area contributed by atoms with Gasteiger partial charge in [0.2, 0.25) is 0 Å². The van der Waals surface area contributed by atoms with Gasteiger partial charge in [-0.25, -0.2) is 0 Å². The summed E-state index contributed by atoms with van der Waals surface area (Å²) < 4.78 is 2.08. The van der Waals surface area contributed by atoms with Gasteiger partial charge in [-0.1, -0.05) is 26.7 Å². The Morgan fingerprint density at radius 2 is 2.18 bits per heavy atom. The molecule has 1 fully saturated rings. The molecule has 1 aliphatic rings. The summed E-state index contributed by atoms with van der Waals surface area (Å²) in [5, 5.41) is 8.21. The van der Waals surface area contributed by atoms with E-state index in [-0.39, 0.29) is 0 Å². The molecule has 0 unspecified atom stereocenters. The molecule has 1 aromatic heterocycles. The third kappa shape index (κ3) is 3.84. The highest BCUT2D eigenvalue weighted by Crippen LogP contribution is 2.17. The fraction of sp³-hybridized carbons (Fsp3) is 0.786. The molecule has 2 rings (SSSR count). The second-order valence-electron chi connectivity index (χ2n) is 5.45. The summed E-state index contributed by atoms with van der Waals surface area (Å²) in [6, 6.07) is 2.92. The minimum atomic E-state index is 0.535. The Morgan fingerprint density at radius 1 is 1.41 bits per heavy atom. The molecule has 0 bridgehead atoms. The van der Waals surface area contributed by atoms with E-state index in [9.17, 15) is 0 Å². The van der Waals surface area contributed by atoms with E-state index in [1.807, 2.05) is 0 Å². The summed E-state index contributed by atoms with van der Waals surface area (Å²) in [5.74, 6) is 0.535. The SMILES string of the molecule is CC(C)c1ccn(CCCNC2CCCC2)n1. The number of hydrogen-bond acceptors (Lipinski definition) is 2. The lowest BCUT2D eigenvalue weighted by molar-refractivity contribution is 0.481.